The molecule has 35 heavy (non-hydrogen) atoms. The van der Waals surface area contributed by atoms with Gasteiger partial charge >= 0.3 is 0 Å². The summed E-state index contributed by atoms with van der Waals surface area (Å²) >= 11 is 2.81. The van der Waals surface area contributed by atoms with Crippen molar-refractivity contribution in [1.29, 1.82) is 0 Å². The lowest BCUT2D eigenvalue weighted by atomic mass is 10.2. The second-order valence-electron chi connectivity index (χ2n) is 7.64. The van der Waals surface area contributed by atoms with Crippen LogP contribution in [0.5, 0.6) is 5.75 Å². The molecule has 0 radical (unpaired) electrons. The van der Waals surface area contributed by atoms with Crippen molar-refractivity contribution < 1.29 is 9.53 Å². The minimum Gasteiger partial charge on any atom is -0.497 e. The molecule has 0 aliphatic carbocycles. The van der Waals surface area contributed by atoms with Crippen LogP contribution in [0.1, 0.15) is 14.8 Å². The van der Waals surface area contributed by atoms with E-state index in [4.69, 9.17) is 14.7 Å². The summed E-state index contributed by atoms with van der Waals surface area (Å²) in [4.78, 5) is 22.4. The number of aromatic nitrogens is 5. The van der Waals surface area contributed by atoms with Crippen LogP contribution in [0, 0.1) is 0 Å². The first-order valence-electron chi connectivity index (χ1n) is 10.8. The molecule has 0 atom stereocenters. The topological polar surface area (TPSA) is 94.3 Å². The van der Waals surface area contributed by atoms with Gasteiger partial charge < -0.3 is 10.1 Å². The average Bonchev–Trinajstić information content (AvgIpc) is 3.53. The number of nitrogens with zero attached hydrogens (tertiary/aromatic N) is 5. The van der Waals surface area contributed by atoms with E-state index in [0.717, 1.165) is 43.5 Å². The maximum absolute atomic E-state index is 12.6. The monoisotopic (exact) mass is 498 g/mol. The Morgan fingerprint density at radius 3 is 2.57 bits per heavy atom. The minimum absolute atomic E-state index is 0.296. The van der Waals surface area contributed by atoms with Gasteiger partial charge in [-0.1, -0.05) is 47.4 Å². The Balaban J connectivity index is 1.26. The van der Waals surface area contributed by atoms with Gasteiger partial charge in [-0.15, -0.1) is 10.2 Å². The number of amides is 1. The Morgan fingerprint density at radius 2 is 1.74 bits per heavy atom. The number of carbonyl (C=O) groups is 1. The number of methoxy groups -OCH3 is 1. The number of anilines is 1. The van der Waals surface area contributed by atoms with Crippen molar-refractivity contribution in [2.45, 2.75) is 10.9 Å². The third-order valence-corrected chi connectivity index (χ3v) is 7.50. The van der Waals surface area contributed by atoms with Gasteiger partial charge in [0, 0.05) is 11.1 Å². The van der Waals surface area contributed by atoms with Gasteiger partial charge in [-0.05, 0) is 48.5 Å². The van der Waals surface area contributed by atoms with Gasteiger partial charge in [0.25, 0.3) is 5.91 Å². The predicted molar refractivity (Wildman–Crippen MR) is 138 cm³/mol. The second-order valence-corrected chi connectivity index (χ2v) is 9.65. The molecule has 6 rings (SSSR count). The van der Waals surface area contributed by atoms with Gasteiger partial charge in [-0.3, -0.25) is 9.20 Å². The third-order valence-electron chi connectivity index (χ3n) is 5.45. The highest BCUT2D eigenvalue weighted by Gasteiger charge is 2.17. The number of fused-ring (bicyclic) bond motifs is 5. The van der Waals surface area contributed by atoms with Crippen molar-refractivity contribution in [3.63, 3.8) is 0 Å². The van der Waals surface area contributed by atoms with E-state index in [1.165, 1.54) is 11.3 Å². The lowest BCUT2D eigenvalue weighted by Crippen LogP contribution is -2.11. The molecule has 8 nitrogen and oxygen atoms in total. The molecule has 0 bridgehead atoms. The number of hydrogen-bond acceptors (Lipinski definition) is 8. The molecule has 0 saturated heterocycles. The number of ether oxygens (including phenoxy) is 1. The number of thioether (sulfide) groups is 1. The number of para-hydroxylation sites is 3. The van der Waals surface area contributed by atoms with Crippen molar-refractivity contribution >= 4 is 62.3 Å². The predicted octanol–water partition coefficient (Wildman–Crippen LogP) is 5.44. The Labute approximate surface area is 208 Å². The Morgan fingerprint density at radius 1 is 0.971 bits per heavy atom. The van der Waals surface area contributed by atoms with E-state index in [2.05, 4.69) is 19.9 Å². The molecule has 1 amide bonds. The zero-order chi connectivity index (χ0) is 23.8. The molecule has 6 aromatic rings. The molecule has 0 fully saturated rings. The fourth-order valence-corrected chi connectivity index (χ4v) is 5.53. The third kappa shape index (κ3) is 4.07. The molecule has 0 spiro atoms. The normalized spacial score (nSPS) is 11.3. The van der Waals surface area contributed by atoms with E-state index in [9.17, 15) is 4.79 Å². The summed E-state index contributed by atoms with van der Waals surface area (Å²) in [5.74, 6) is 0.955. The smallest absolute Gasteiger partial charge is 0.286 e. The molecule has 1 N–H and O–H groups in total. The van der Waals surface area contributed by atoms with Gasteiger partial charge in [0.05, 0.1) is 29.4 Å². The molecule has 0 saturated carbocycles. The van der Waals surface area contributed by atoms with E-state index in [1.807, 2.05) is 48.5 Å². The molecule has 172 valence electrons. The van der Waals surface area contributed by atoms with E-state index < -0.39 is 0 Å². The van der Waals surface area contributed by atoms with Gasteiger partial charge in [0.1, 0.15) is 16.4 Å². The zero-order valence-corrected chi connectivity index (χ0v) is 20.1. The van der Waals surface area contributed by atoms with Crippen molar-refractivity contribution in [3.8, 4) is 5.75 Å². The van der Waals surface area contributed by atoms with Crippen molar-refractivity contribution in [3.05, 3.63) is 82.8 Å². The molecule has 0 aliphatic heterocycles. The maximum atomic E-state index is 12.6. The molecule has 3 heterocycles. The summed E-state index contributed by atoms with van der Waals surface area (Å²) in [5, 5.41) is 14.0. The molecule has 3 aromatic carbocycles. The number of nitrogens with one attached hydrogen (secondary N) is 1. The first kappa shape index (κ1) is 21.5. The van der Waals surface area contributed by atoms with Crippen LogP contribution in [0.25, 0.3) is 27.6 Å². The summed E-state index contributed by atoms with van der Waals surface area (Å²) in [6, 6.07) is 23.2. The van der Waals surface area contributed by atoms with Gasteiger partial charge in [-0.2, -0.15) is 0 Å². The van der Waals surface area contributed by atoms with Crippen LogP contribution in [0.2, 0.25) is 0 Å². The maximum Gasteiger partial charge on any atom is 0.286 e. The van der Waals surface area contributed by atoms with Crippen LogP contribution >= 0.6 is 23.1 Å². The fraction of sp³-hybridized carbons (Fsp3) is 0.0800. The van der Waals surface area contributed by atoms with E-state index in [-0.39, 0.29) is 5.91 Å². The molecular weight excluding hydrogens is 480 g/mol. The van der Waals surface area contributed by atoms with Crippen molar-refractivity contribution in [2.75, 3.05) is 12.4 Å². The highest BCUT2D eigenvalue weighted by molar-refractivity contribution is 7.98. The Bertz CT molecular complexity index is 1690. The van der Waals surface area contributed by atoms with E-state index in [1.54, 1.807) is 43.1 Å². The number of benzene rings is 3. The summed E-state index contributed by atoms with van der Waals surface area (Å²) in [6.07, 6.45) is 0. The highest BCUT2D eigenvalue weighted by Crippen LogP contribution is 2.31. The van der Waals surface area contributed by atoms with Gasteiger partial charge in [0.2, 0.25) is 5.01 Å². The van der Waals surface area contributed by atoms with Crippen LogP contribution in [-0.4, -0.2) is 37.6 Å². The number of carbonyl (C=O) groups excluding carboxylic acids is 1. The number of rotatable bonds is 6. The summed E-state index contributed by atoms with van der Waals surface area (Å²) in [6.45, 7) is 0. The summed E-state index contributed by atoms with van der Waals surface area (Å²) in [5.41, 5.74) is 4.34. The molecular formula is C25H18N6O2S2. The SMILES string of the molecule is COc1ccc(NC(=O)c2nnc(CSc3nc4ccccc4c4nc5ccccc5n34)s2)cc1. The lowest BCUT2D eigenvalue weighted by molar-refractivity contribution is 0.102. The minimum atomic E-state index is -0.296. The second kappa shape index (κ2) is 8.97. The molecule has 3 aromatic heterocycles. The summed E-state index contributed by atoms with van der Waals surface area (Å²) < 4.78 is 7.23. The van der Waals surface area contributed by atoms with E-state index >= 15 is 0 Å². The van der Waals surface area contributed by atoms with Crippen LogP contribution in [0.4, 0.5) is 5.69 Å². The standard InChI is InChI=1S/C25H18N6O2S2/c1-33-16-12-10-15(11-13-16)26-23(32)24-30-29-21(35-24)14-34-25-28-18-7-3-2-6-17(18)22-27-19-8-4-5-9-20(19)31(22)25/h2-13H,14H2,1H3,(H,26,32). The largest absolute Gasteiger partial charge is 0.497 e. The fourth-order valence-electron chi connectivity index (χ4n) is 3.80. The Kier molecular flexibility index (Phi) is 5.51. The first-order chi connectivity index (χ1) is 17.2. The van der Waals surface area contributed by atoms with Crippen molar-refractivity contribution in [2.24, 2.45) is 0 Å². The number of hydrogen-bond donors (Lipinski definition) is 1. The van der Waals surface area contributed by atoms with Gasteiger partial charge in [0.15, 0.2) is 5.16 Å². The lowest BCUT2D eigenvalue weighted by Gasteiger charge is -2.07. The van der Waals surface area contributed by atoms with Gasteiger partial charge in [-0.25, -0.2) is 9.97 Å². The molecule has 0 aliphatic rings. The van der Waals surface area contributed by atoms with Crippen LogP contribution in [0.3, 0.4) is 0 Å². The first-order valence-corrected chi connectivity index (χ1v) is 12.6. The van der Waals surface area contributed by atoms with Crippen molar-refractivity contribution in [1.82, 2.24) is 24.6 Å². The molecule has 10 heteroatoms. The van der Waals surface area contributed by atoms with Crippen LogP contribution < -0.4 is 10.1 Å². The van der Waals surface area contributed by atoms with Crippen LogP contribution in [0.15, 0.2) is 78.0 Å². The highest BCUT2D eigenvalue weighted by atomic mass is 32.2. The zero-order valence-electron chi connectivity index (χ0n) is 18.5. The average molecular weight is 499 g/mol. The Hall–Kier alpha value is -4.02. The quantitative estimate of drug-likeness (QED) is 0.241. The molecule has 0 unspecified atom stereocenters. The summed E-state index contributed by atoms with van der Waals surface area (Å²) in [7, 11) is 1.60. The van der Waals surface area contributed by atoms with E-state index in [0.29, 0.717) is 16.4 Å². The number of imidazole rings is 1. The van der Waals surface area contributed by atoms with Crippen LogP contribution in [-0.2, 0) is 5.75 Å².